The number of allylic oxidation sites excluding steroid dienone is 1. The van der Waals surface area contributed by atoms with Gasteiger partial charge < -0.3 is 4.74 Å². The minimum absolute atomic E-state index is 0.218. The van der Waals surface area contributed by atoms with Crippen LogP contribution in [-0.4, -0.2) is 17.9 Å². The molecule has 0 atom stereocenters. The number of carbonyl (C=O) groups excluding carboxylic acids is 1. The van der Waals surface area contributed by atoms with Gasteiger partial charge in [-0.2, -0.15) is 0 Å². The Balaban J connectivity index is 3.26. The molecule has 0 N–H and O–H groups in total. The first-order chi connectivity index (χ1) is 7.81. The molecule has 0 aliphatic heterocycles. The van der Waals surface area contributed by atoms with Crippen molar-refractivity contribution in [1.82, 2.24) is 0 Å². The second-order valence-electron chi connectivity index (χ2n) is 3.76. The van der Waals surface area contributed by atoms with Gasteiger partial charge in [0.1, 0.15) is 6.61 Å². The summed E-state index contributed by atoms with van der Waals surface area (Å²) < 4.78 is 4.77. The van der Waals surface area contributed by atoms with E-state index in [2.05, 4.69) is 19.1 Å². The van der Waals surface area contributed by atoms with E-state index >= 15 is 0 Å². The lowest BCUT2D eigenvalue weighted by Crippen LogP contribution is -2.01. The Morgan fingerprint density at radius 3 is 2.56 bits per heavy atom. The zero-order chi connectivity index (χ0) is 12.1. The summed E-state index contributed by atoms with van der Waals surface area (Å²) in [5.41, 5.74) is 0. The summed E-state index contributed by atoms with van der Waals surface area (Å²) >= 11 is 4.55. The van der Waals surface area contributed by atoms with Gasteiger partial charge in [-0.25, -0.2) is 4.79 Å². The fraction of sp³-hybridized carbons (Fsp3) is 0.692. The molecular weight excluding hydrogens is 220 g/mol. The highest BCUT2D eigenvalue weighted by atomic mass is 32.1. The van der Waals surface area contributed by atoms with Gasteiger partial charge in [0.15, 0.2) is 0 Å². The first kappa shape index (κ1) is 15.3. The summed E-state index contributed by atoms with van der Waals surface area (Å²) in [6.45, 7) is 2.43. The van der Waals surface area contributed by atoms with Crippen LogP contribution in [0.5, 0.6) is 0 Å². The number of hydrogen-bond donors (Lipinski definition) is 0. The van der Waals surface area contributed by atoms with Crippen LogP contribution in [0.25, 0.3) is 0 Å². The number of thiocarbonyl (C=S) groups is 1. The Hall–Kier alpha value is -0.700. The van der Waals surface area contributed by atoms with Crippen LogP contribution in [0.1, 0.15) is 51.9 Å². The van der Waals surface area contributed by atoms with Crippen molar-refractivity contribution >= 4 is 23.6 Å². The molecular formula is C13H22O2S. The quantitative estimate of drug-likeness (QED) is 0.252. The van der Waals surface area contributed by atoms with Crippen molar-refractivity contribution in [3.05, 3.63) is 12.2 Å². The molecule has 3 heteroatoms. The molecule has 0 saturated carbocycles. The lowest BCUT2D eigenvalue weighted by molar-refractivity contribution is -0.135. The van der Waals surface area contributed by atoms with Crippen molar-refractivity contribution in [2.45, 2.75) is 51.9 Å². The minimum atomic E-state index is -0.299. The van der Waals surface area contributed by atoms with Gasteiger partial charge >= 0.3 is 5.97 Å². The van der Waals surface area contributed by atoms with Crippen LogP contribution in [0.2, 0.25) is 0 Å². The number of carbonyl (C=O) groups is 1. The summed E-state index contributed by atoms with van der Waals surface area (Å²) in [6, 6.07) is 0. The fourth-order valence-electron chi connectivity index (χ4n) is 1.39. The summed E-state index contributed by atoms with van der Waals surface area (Å²) in [7, 11) is 0. The first-order valence-electron chi connectivity index (χ1n) is 6.08. The monoisotopic (exact) mass is 242 g/mol. The molecule has 0 aromatic rings. The minimum Gasteiger partial charge on any atom is -0.457 e. The molecule has 0 aliphatic carbocycles. The SMILES string of the molecule is CCCCCCCCC=CC(=O)OCC=S. The van der Waals surface area contributed by atoms with Gasteiger partial charge in [0.05, 0.1) is 0 Å². The van der Waals surface area contributed by atoms with Crippen LogP contribution >= 0.6 is 12.2 Å². The van der Waals surface area contributed by atoms with Crippen LogP contribution in [-0.2, 0) is 9.53 Å². The van der Waals surface area contributed by atoms with Crippen molar-refractivity contribution in [2.75, 3.05) is 6.61 Å². The number of ether oxygens (including phenoxy) is 1. The zero-order valence-electron chi connectivity index (χ0n) is 10.1. The predicted octanol–water partition coefficient (Wildman–Crippen LogP) is 3.84. The van der Waals surface area contributed by atoms with Gasteiger partial charge in [0, 0.05) is 11.4 Å². The molecule has 0 bridgehead atoms. The predicted molar refractivity (Wildman–Crippen MR) is 71.7 cm³/mol. The van der Waals surface area contributed by atoms with Crippen LogP contribution in [0.4, 0.5) is 0 Å². The molecule has 0 unspecified atom stereocenters. The molecule has 16 heavy (non-hydrogen) atoms. The van der Waals surface area contributed by atoms with E-state index in [0.29, 0.717) is 0 Å². The summed E-state index contributed by atoms with van der Waals surface area (Å²) in [5.74, 6) is -0.299. The smallest absolute Gasteiger partial charge is 0.330 e. The van der Waals surface area contributed by atoms with Crippen LogP contribution in [0, 0.1) is 0 Å². The third-order valence-electron chi connectivity index (χ3n) is 2.27. The highest BCUT2D eigenvalue weighted by Crippen LogP contribution is 2.07. The number of esters is 1. The summed E-state index contributed by atoms with van der Waals surface area (Å²) in [5, 5.41) is 1.40. The van der Waals surface area contributed by atoms with E-state index in [9.17, 15) is 4.79 Å². The second-order valence-corrected chi connectivity index (χ2v) is 4.09. The van der Waals surface area contributed by atoms with Gasteiger partial charge in [0.2, 0.25) is 0 Å². The highest BCUT2D eigenvalue weighted by Gasteiger charge is 1.93. The maximum Gasteiger partial charge on any atom is 0.330 e. The Morgan fingerprint density at radius 2 is 1.88 bits per heavy atom. The third-order valence-corrected chi connectivity index (χ3v) is 2.41. The van der Waals surface area contributed by atoms with Crippen LogP contribution < -0.4 is 0 Å². The first-order valence-corrected chi connectivity index (χ1v) is 6.55. The number of rotatable bonds is 10. The van der Waals surface area contributed by atoms with E-state index in [0.717, 1.165) is 12.8 Å². The molecule has 2 nitrogen and oxygen atoms in total. The lowest BCUT2D eigenvalue weighted by Gasteiger charge is -1.98. The Kier molecular flexibility index (Phi) is 11.8. The molecule has 92 valence electrons. The normalized spacial score (nSPS) is 10.6. The van der Waals surface area contributed by atoms with Gasteiger partial charge in [-0.1, -0.05) is 57.3 Å². The van der Waals surface area contributed by atoms with Crippen molar-refractivity contribution in [3.8, 4) is 0 Å². The molecule has 0 amide bonds. The molecule has 0 heterocycles. The summed E-state index contributed by atoms with van der Waals surface area (Å²) in [6.07, 6.45) is 12.0. The van der Waals surface area contributed by atoms with Crippen molar-refractivity contribution < 1.29 is 9.53 Å². The van der Waals surface area contributed by atoms with Crippen molar-refractivity contribution in [2.24, 2.45) is 0 Å². The second kappa shape index (κ2) is 12.4. The van der Waals surface area contributed by atoms with Crippen LogP contribution in [0.15, 0.2) is 12.2 Å². The molecule has 0 radical (unpaired) electrons. The average Bonchev–Trinajstić information content (AvgIpc) is 2.30. The van der Waals surface area contributed by atoms with Gasteiger partial charge in [-0.05, 0) is 12.8 Å². The van der Waals surface area contributed by atoms with Crippen LogP contribution in [0.3, 0.4) is 0 Å². The highest BCUT2D eigenvalue weighted by molar-refractivity contribution is 7.79. The molecule has 0 spiro atoms. The maximum atomic E-state index is 11.0. The maximum absolute atomic E-state index is 11.0. The molecule has 0 saturated heterocycles. The summed E-state index contributed by atoms with van der Waals surface area (Å²) in [4.78, 5) is 11.0. The fourth-order valence-corrected chi connectivity index (χ4v) is 1.45. The van der Waals surface area contributed by atoms with E-state index in [-0.39, 0.29) is 12.6 Å². The average molecular weight is 242 g/mol. The van der Waals surface area contributed by atoms with E-state index in [1.54, 1.807) is 0 Å². The lowest BCUT2D eigenvalue weighted by atomic mass is 10.1. The zero-order valence-corrected chi connectivity index (χ0v) is 10.9. The standard InChI is InChI=1S/C13H22O2S/c1-2-3-4-5-6-7-8-9-10-13(14)15-11-12-16/h9-10,12H,2-8,11H2,1H3. The Bertz CT molecular complexity index is 212. The third kappa shape index (κ3) is 11.4. The van der Waals surface area contributed by atoms with Gasteiger partial charge in [-0.15, -0.1) is 0 Å². The van der Waals surface area contributed by atoms with Gasteiger partial charge in [0.25, 0.3) is 0 Å². The topological polar surface area (TPSA) is 26.3 Å². The van der Waals surface area contributed by atoms with E-state index < -0.39 is 0 Å². The molecule has 0 aliphatic rings. The van der Waals surface area contributed by atoms with E-state index in [4.69, 9.17) is 4.74 Å². The molecule has 0 rings (SSSR count). The van der Waals surface area contributed by atoms with Crippen molar-refractivity contribution in [1.29, 1.82) is 0 Å². The number of unbranched alkanes of at least 4 members (excludes halogenated alkanes) is 6. The molecule has 0 aromatic carbocycles. The number of hydrogen-bond acceptors (Lipinski definition) is 3. The van der Waals surface area contributed by atoms with Crippen molar-refractivity contribution in [3.63, 3.8) is 0 Å². The Labute approximate surface area is 104 Å². The molecule has 0 fully saturated rings. The Morgan fingerprint density at radius 1 is 1.19 bits per heavy atom. The van der Waals surface area contributed by atoms with E-state index in [1.165, 1.54) is 43.5 Å². The van der Waals surface area contributed by atoms with Gasteiger partial charge in [-0.3, -0.25) is 0 Å². The molecule has 0 aromatic heterocycles. The van der Waals surface area contributed by atoms with E-state index in [1.807, 2.05) is 6.08 Å². The largest absolute Gasteiger partial charge is 0.457 e.